The van der Waals surface area contributed by atoms with Crippen LogP contribution in [0, 0.1) is 5.82 Å². The minimum Gasteiger partial charge on any atom is -0.475 e. The van der Waals surface area contributed by atoms with Crippen molar-refractivity contribution in [3.63, 3.8) is 0 Å². The molecule has 2 heterocycles. The Kier molecular flexibility index (Phi) is 2.36. The standard InChI is InChI=1S/C12H10FN3O2/c13-8-4-2-1-3-7(8)9-5-6-10-14-11(12(17)18)15-16(9)10/h1-4,9H,5-6H2,(H,17,18). The second-order valence-electron chi connectivity index (χ2n) is 4.18. The van der Waals surface area contributed by atoms with E-state index < -0.39 is 5.97 Å². The summed E-state index contributed by atoms with van der Waals surface area (Å²) in [6, 6.07) is 6.20. The Labute approximate surface area is 102 Å². The molecular weight excluding hydrogens is 237 g/mol. The molecule has 18 heavy (non-hydrogen) atoms. The van der Waals surface area contributed by atoms with Gasteiger partial charge in [-0.05, 0) is 12.5 Å². The number of carboxylic acids is 1. The number of nitrogens with zero attached hydrogens (tertiary/aromatic N) is 3. The molecule has 2 aromatic rings. The van der Waals surface area contributed by atoms with Crippen LogP contribution in [0.3, 0.4) is 0 Å². The van der Waals surface area contributed by atoms with E-state index in [1.54, 1.807) is 18.2 Å². The molecule has 0 bridgehead atoms. The van der Waals surface area contributed by atoms with E-state index in [0.717, 1.165) is 0 Å². The predicted molar refractivity (Wildman–Crippen MR) is 59.8 cm³/mol. The Balaban J connectivity index is 2.04. The molecule has 1 unspecified atom stereocenters. The van der Waals surface area contributed by atoms with Crippen LogP contribution in [-0.2, 0) is 6.42 Å². The summed E-state index contributed by atoms with van der Waals surface area (Å²) in [4.78, 5) is 14.7. The number of carboxylic acid groups (broad SMARTS) is 1. The first-order valence-corrected chi connectivity index (χ1v) is 5.60. The summed E-state index contributed by atoms with van der Waals surface area (Å²) < 4.78 is 15.2. The smallest absolute Gasteiger partial charge is 0.375 e. The lowest BCUT2D eigenvalue weighted by Gasteiger charge is -2.12. The molecule has 0 fully saturated rings. The third-order valence-corrected chi connectivity index (χ3v) is 3.09. The Hall–Kier alpha value is -2.24. The van der Waals surface area contributed by atoms with Crippen LogP contribution in [0.15, 0.2) is 24.3 Å². The molecule has 0 saturated heterocycles. The molecule has 3 rings (SSSR count). The molecule has 92 valence electrons. The largest absolute Gasteiger partial charge is 0.475 e. The van der Waals surface area contributed by atoms with E-state index in [4.69, 9.17) is 5.11 Å². The molecule has 0 spiro atoms. The molecule has 1 aromatic heterocycles. The van der Waals surface area contributed by atoms with Gasteiger partial charge in [-0.2, -0.15) is 0 Å². The van der Waals surface area contributed by atoms with Crippen molar-refractivity contribution in [2.75, 3.05) is 0 Å². The van der Waals surface area contributed by atoms with E-state index in [0.29, 0.717) is 24.2 Å². The lowest BCUT2D eigenvalue weighted by atomic mass is 10.0. The first kappa shape index (κ1) is 10.9. The van der Waals surface area contributed by atoms with Gasteiger partial charge in [-0.3, -0.25) is 0 Å². The Morgan fingerprint density at radius 1 is 1.44 bits per heavy atom. The summed E-state index contributed by atoms with van der Waals surface area (Å²) in [5, 5.41) is 12.8. The van der Waals surface area contributed by atoms with Crippen LogP contribution in [0.25, 0.3) is 0 Å². The summed E-state index contributed by atoms with van der Waals surface area (Å²) in [7, 11) is 0. The van der Waals surface area contributed by atoms with Crippen LogP contribution in [0.5, 0.6) is 0 Å². The topological polar surface area (TPSA) is 68.0 Å². The van der Waals surface area contributed by atoms with Gasteiger partial charge in [0.2, 0.25) is 0 Å². The maximum Gasteiger partial charge on any atom is 0.375 e. The molecule has 1 atom stereocenters. The van der Waals surface area contributed by atoms with Crippen LogP contribution in [0.1, 0.15) is 34.5 Å². The predicted octanol–water partition coefficient (Wildman–Crippen LogP) is 1.65. The van der Waals surface area contributed by atoms with Crippen molar-refractivity contribution in [3.05, 3.63) is 47.3 Å². The zero-order chi connectivity index (χ0) is 12.7. The summed E-state index contributed by atoms with van der Waals surface area (Å²) in [5.74, 6) is -1.10. The molecule has 6 heteroatoms. The number of halogens is 1. The van der Waals surface area contributed by atoms with Gasteiger partial charge in [0.15, 0.2) is 0 Å². The van der Waals surface area contributed by atoms with Crippen molar-refractivity contribution in [1.82, 2.24) is 14.8 Å². The van der Waals surface area contributed by atoms with E-state index in [1.165, 1.54) is 10.7 Å². The normalized spacial score (nSPS) is 17.7. The average Bonchev–Trinajstić information content (AvgIpc) is 2.89. The molecule has 5 nitrogen and oxygen atoms in total. The fraction of sp³-hybridized carbons (Fsp3) is 0.250. The van der Waals surface area contributed by atoms with Gasteiger partial charge in [0.1, 0.15) is 11.6 Å². The molecular formula is C12H10FN3O2. The van der Waals surface area contributed by atoms with Crippen molar-refractivity contribution in [2.45, 2.75) is 18.9 Å². The second-order valence-corrected chi connectivity index (χ2v) is 4.18. The van der Waals surface area contributed by atoms with Crippen molar-refractivity contribution in [2.24, 2.45) is 0 Å². The van der Waals surface area contributed by atoms with Crippen molar-refractivity contribution in [1.29, 1.82) is 0 Å². The van der Waals surface area contributed by atoms with Gasteiger partial charge in [0, 0.05) is 12.0 Å². The van der Waals surface area contributed by atoms with Crippen molar-refractivity contribution >= 4 is 5.97 Å². The maximum atomic E-state index is 13.7. The van der Waals surface area contributed by atoms with Crippen LogP contribution >= 0.6 is 0 Å². The first-order valence-electron chi connectivity index (χ1n) is 5.60. The first-order chi connectivity index (χ1) is 8.66. The highest BCUT2D eigenvalue weighted by Gasteiger charge is 2.29. The summed E-state index contributed by atoms with van der Waals surface area (Å²) in [6.07, 6.45) is 1.30. The number of aromatic nitrogens is 3. The SMILES string of the molecule is O=C(O)c1nc2n(n1)C(c1ccccc1F)CC2. The van der Waals surface area contributed by atoms with E-state index in [1.807, 2.05) is 0 Å². The van der Waals surface area contributed by atoms with E-state index in [-0.39, 0.29) is 17.7 Å². The quantitative estimate of drug-likeness (QED) is 0.876. The number of carbonyl (C=O) groups is 1. The monoisotopic (exact) mass is 247 g/mol. The third-order valence-electron chi connectivity index (χ3n) is 3.09. The summed E-state index contributed by atoms with van der Waals surface area (Å²) >= 11 is 0. The molecule has 1 aromatic carbocycles. The number of benzene rings is 1. The average molecular weight is 247 g/mol. The summed E-state index contributed by atoms with van der Waals surface area (Å²) in [5.41, 5.74) is 0.526. The Morgan fingerprint density at radius 2 is 2.22 bits per heavy atom. The lowest BCUT2D eigenvalue weighted by Crippen LogP contribution is -2.10. The lowest BCUT2D eigenvalue weighted by molar-refractivity contribution is 0.0683. The van der Waals surface area contributed by atoms with Gasteiger partial charge in [-0.15, -0.1) is 5.10 Å². The number of hydrogen-bond acceptors (Lipinski definition) is 3. The highest BCUT2D eigenvalue weighted by atomic mass is 19.1. The molecule has 0 saturated carbocycles. The number of aromatic carboxylic acids is 1. The number of aryl methyl sites for hydroxylation is 1. The molecule has 1 aliphatic rings. The molecule has 1 aliphatic heterocycles. The van der Waals surface area contributed by atoms with Crippen LogP contribution in [-0.4, -0.2) is 25.8 Å². The number of rotatable bonds is 2. The van der Waals surface area contributed by atoms with Gasteiger partial charge in [0.25, 0.3) is 5.82 Å². The minimum atomic E-state index is -1.16. The number of hydrogen-bond donors (Lipinski definition) is 1. The Morgan fingerprint density at radius 3 is 2.94 bits per heavy atom. The molecule has 0 radical (unpaired) electrons. The van der Waals surface area contributed by atoms with Gasteiger partial charge in [-0.1, -0.05) is 18.2 Å². The highest BCUT2D eigenvalue weighted by molar-refractivity contribution is 5.82. The van der Waals surface area contributed by atoms with E-state index >= 15 is 0 Å². The van der Waals surface area contributed by atoms with Gasteiger partial charge in [0.05, 0.1) is 6.04 Å². The summed E-state index contributed by atoms with van der Waals surface area (Å²) in [6.45, 7) is 0. The molecule has 0 aliphatic carbocycles. The van der Waals surface area contributed by atoms with E-state index in [9.17, 15) is 9.18 Å². The van der Waals surface area contributed by atoms with Crippen LogP contribution in [0.4, 0.5) is 4.39 Å². The Bertz CT molecular complexity index is 624. The van der Waals surface area contributed by atoms with Gasteiger partial charge in [-0.25, -0.2) is 18.9 Å². The van der Waals surface area contributed by atoms with Gasteiger partial charge < -0.3 is 5.11 Å². The zero-order valence-corrected chi connectivity index (χ0v) is 9.38. The fourth-order valence-corrected chi connectivity index (χ4v) is 2.29. The van der Waals surface area contributed by atoms with Crippen molar-refractivity contribution in [3.8, 4) is 0 Å². The second kappa shape index (κ2) is 3.90. The fourth-order valence-electron chi connectivity index (χ4n) is 2.29. The maximum absolute atomic E-state index is 13.7. The van der Waals surface area contributed by atoms with E-state index in [2.05, 4.69) is 10.1 Å². The minimum absolute atomic E-state index is 0.231. The van der Waals surface area contributed by atoms with Crippen LogP contribution in [0.2, 0.25) is 0 Å². The van der Waals surface area contributed by atoms with Gasteiger partial charge >= 0.3 is 5.97 Å². The molecule has 1 N–H and O–H groups in total. The molecule has 0 amide bonds. The van der Waals surface area contributed by atoms with Crippen LogP contribution < -0.4 is 0 Å². The zero-order valence-electron chi connectivity index (χ0n) is 9.38. The third kappa shape index (κ3) is 1.57. The highest BCUT2D eigenvalue weighted by Crippen LogP contribution is 2.31. The number of fused-ring (bicyclic) bond motifs is 1. The van der Waals surface area contributed by atoms with Crippen molar-refractivity contribution < 1.29 is 14.3 Å².